The zero-order valence-electron chi connectivity index (χ0n) is 12.2. The Morgan fingerprint density at radius 2 is 2.18 bits per heavy atom. The molecule has 0 aliphatic carbocycles. The highest BCUT2D eigenvalue weighted by molar-refractivity contribution is 7.91. The summed E-state index contributed by atoms with van der Waals surface area (Å²) in [4.78, 5) is 19.4. The van der Waals surface area contributed by atoms with Gasteiger partial charge in [0.2, 0.25) is 0 Å². The van der Waals surface area contributed by atoms with Gasteiger partial charge in [0, 0.05) is 0 Å². The molecular weight excluding hydrogens is 304 g/mol. The van der Waals surface area contributed by atoms with Crippen molar-refractivity contribution in [1.82, 2.24) is 20.6 Å². The molecule has 0 saturated carbocycles. The fourth-order valence-corrected chi connectivity index (χ4v) is 4.77. The zero-order valence-corrected chi connectivity index (χ0v) is 13.0. The number of sulfone groups is 1. The molecule has 0 radical (unpaired) electrons. The predicted octanol–water partition coefficient (Wildman–Crippen LogP) is 0.939. The van der Waals surface area contributed by atoms with E-state index in [0.29, 0.717) is 12.2 Å². The van der Waals surface area contributed by atoms with E-state index in [9.17, 15) is 13.2 Å². The summed E-state index contributed by atoms with van der Waals surface area (Å²) in [6.07, 6.45) is 0.438. The summed E-state index contributed by atoms with van der Waals surface area (Å²) in [6, 6.07) is 7.22. The predicted molar refractivity (Wildman–Crippen MR) is 83.1 cm³/mol. The topological polar surface area (TPSA) is 104 Å². The van der Waals surface area contributed by atoms with Gasteiger partial charge in [0.1, 0.15) is 5.82 Å². The quantitative estimate of drug-likeness (QED) is 0.782. The summed E-state index contributed by atoms with van der Waals surface area (Å²) >= 11 is 0. The number of para-hydroxylation sites is 2. The van der Waals surface area contributed by atoms with Crippen LogP contribution in [0.3, 0.4) is 0 Å². The van der Waals surface area contributed by atoms with Crippen LogP contribution in [0.4, 0.5) is 4.79 Å². The zero-order chi connectivity index (χ0) is 15.8. The minimum atomic E-state index is -3.04. The lowest BCUT2D eigenvalue weighted by Gasteiger charge is -2.23. The van der Waals surface area contributed by atoms with Crippen molar-refractivity contribution in [1.29, 1.82) is 0 Å². The molecule has 118 valence electrons. The molecule has 7 nitrogen and oxygen atoms in total. The van der Waals surface area contributed by atoms with Gasteiger partial charge >= 0.3 is 6.03 Å². The molecule has 0 bridgehead atoms. The second kappa shape index (κ2) is 5.28. The maximum atomic E-state index is 11.9. The highest BCUT2D eigenvalue weighted by Crippen LogP contribution is 2.22. The third-order valence-electron chi connectivity index (χ3n) is 3.77. The number of aromatic nitrogens is 2. The summed E-state index contributed by atoms with van der Waals surface area (Å²) in [7, 11) is -3.04. The number of H-pyrrole nitrogens is 1. The van der Waals surface area contributed by atoms with Crippen molar-refractivity contribution in [3.8, 4) is 0 Å². The number of hydrogen-bond acceptors (Lipinski definition) is 4. The maximum Gasteiger partial charge on any atom is 0.315 e. The number of hydrogen-bond donors (Lipinski definition) is 3. The van der Waals surface area contributed by atoms with Crippen LogP contribution in [0.15, 0.2) is 24.3 Å². The number of rotatable bonds is 3. The monoisotopic (exact) mass is 322 g/mol. The molecule has 2 aromatic rings. The molecule has 0 spiro atoms. The van der Waals surface area contributed by atoms with E-state index in [1.807, 2.05) is 24.3 Å². The molecule has 1 aliphatic rings. The van der Waals surface area contributed by atoms with Crippen LogP contribution in [0, 0.1) is 0 Å². The van der Waals surface area contributed by atoms with Gasteiger partial charge in [0.05, 0.1) is 34.6 Å². The van der Waals surface area contributed by atoms with Crippen LogP contribution in [0.1, 0.15) is 19.2 Å². The first kappa shape index (κ1) is 14.8. The van der Waals surface area contributed by atoms with Crippen molar-refractivity contribution in [3.63, 3.8) is 0 Å². The number of amides is 2. The molecule has 0 unspecified atom stereocenters. The second-order valence-electron chi connectivity index (χ2n) is 5.91. The van der Waals surface area contributed by atoms with E-state index in [4.69, 9.17) is 0 Å². The molecule has 2 heterocycles. The largest absolute Gasteiger partial charge is 0.340 e. The van der Waals surface area contributed by atoms with Crippen molar-refractivity contribution in [2.24, 2.45) is 0 Å². The standard InChI is InChI=1S/C14H18N4O3S/c1-14(6-7-22(20,21)9-14)18-13(19)15-8-12-16-10-4-2-3-5-11(10)17-12/h2-5H,6-9H2,1H3,(H,16,17)(H2,15,18,19)/t14-/m1/s1. The molecule has 3 N–H and O–H groups in total. The van der Waals surface area contributed by atoms with Crippen molar-refractivity contribution in [3.05, 3.63) is 30.1 Å². The lowest BCUT2D eigenvalue weighted by atomic mass is 10.0. The Bertz CT molecular complexity index is 781. The number of imidazole rings is 1. The molecular formula is C14H18N4O3S. The average molecular weight is 322 g/mol. The Hall–Kier alpha value is -2.09. The van der Waals surface area contributed by atoms with E-state index in [-0.39, 0.29) is 24.1 Å². The number of carbonyl (C=O) groups excluding carboxylic acids is 1. The molecule has 1 atom stereocenters. The highest BCUT2D eigenvalue weighted by Gasteiger charge is 2.39. The first-order valence-electron chi connectivity index (χ1n) is 7.05. The van der Waals surface area contributed by atoms with Crippen LogP contribution < -0.4 is 10.6 Å². The average Bonchev–Trinajstić information content (AvgIpc) is 2.96. The molecule has 22 heavy (non-hydrogen) atoms. The summed E-state index contributed by atoms with van der Waals surface area (Å²) in [6.45, 7) is 2.00. The lowest BCUT2D eigenvalue weighted by Crippen LogP contribution is -2.50. The first-order valence-corrected chi connectivity index (χ1v) is 8.87. The Balaban J connectivity index is 1.58. The Morgan fingerprint density at radius 3 is 2.86 bits per heavy atom. The van der Waals surface area contributed by atoms with E-state index in [0.717, 1.165) is 11.0 Å². The van der Waals surface area contributed by atoms with Crippen LogP contribution in [-0.4, -0.2) is 41.5 Å². The molecule has 8 heteroatoms. The van der Waals surface area contributed by atoms with Crippen LogP contribution >= 0.6 is 0 Å². The number of nitrogens with zero attached hydrogens (tertiary/aromatic N) is 1. The van der Waals surface area contributed by atoms with Crippen molar-refractivity contribution >= 4 is 26.9 Å². The van der Waals surface area contributed by atoms with Crippen LogP contribution in [0.5, 0.6) is 0 Å². The Labute approximate surface area is 128 Å². The molecule has 1 aromatic heterocycles. The number of urea groups is 1. The highest BCUT2D eigenvalue weighted by atomic mass is 32.2. The molecule has 1 saturated heterocycles. The SMILES string of the molecule is C[C@@]1(NC(=O)NCc2nc3ccccc3[nH]2)CCS(=O)(=O)C1. The van der Waals surface area contributed by atoms with Crippen LogP contribution in [0.25, 0.3) is 11.0 Å². The van der Waals surface area contributed by atoms with Crippen LogP contribution in [-0.2, 0) is 16.4 Å². The number of aromatic amines is 1. The van der Waals surface area contributed by atoms with E-state index in [1.165, 1.54) is 0 Å². The van der Waals surface area contributed by atoms with Gasteiger partial charge in [0.15, 0.2) is 9.84 Å². The van der Waals surface area contributed by atoms with E-state index >= 15 is 0 Å². The van der Waals surface area contributed by atoms with Gasteiger partial charge in [-0.2, -0.15) is 0 Å². The second-order valence-corrected chi connectivity index (χ2v) is 8.10. The van der Waals surface area contributed by atoms with Crippen molar-refractivity contribution in [2.45, 2.75) is 25.4 Å². The minimum absolute atomic E-state index is 0.0158. The molecule has 3 rings (SSSR count). The molecule has 1 aromatic carbocycles. The Morgan fingerprint density at radius 1 is 1.41 bits per heavy atom. The summed E-state index contributed by atoms with van der Waals surface area (Å²) in [5.41, 5.74) is 1.05. The normalized spacial score (nSPS) is 23.5. The number of benzene rings is 1. The smallest absolute Gasteiger partial charge is 0.315 e. The van der Waals surface area contributed by atoms with Gasteiger partial charge in [-0.25, -0.2) is 18.2 Å². The van der Waals surface area contributed by atoms with Gasteiger partial charge in [-0.3, -0.25) is 0 Å². The van der Waals surface area contributed by atoms with Gasteiger partial charge in [-0.05, 0) is 25.5 Å². The third-order valence-corrected chi connectivity index (χ3v) is 5.68. The summed E-state index contributed by atoms with van der Waals surface area (Å²) in [5.74, 6) is 0.756. The minimum Gasteiger partial charge on any atom is -0.340 e. The van der Waals surface area contributed by atoms with E-state index in [1.54, 1.807) is 6.92 Å². The maximum absolute atomic E-state index is 11.9. The van der Waals surface area contributed by atoms with E-state index < -0.39 is 15.4 Å². The van der Waals surface area contributed by atoms with Crippen LogP contribution in [0.2, 0.25) is 0 Å². The number of carbonyl (C=O) groups is 1. The number of nitrogens with one attached hydrogen (secondary N) is 3. The molecule has 2 amide bonds. The Kier molecular flexibility index (Phi) is 3.56. The van der Waals surface area contributed by atoms with Gasteiger partial charge in [-0.1, -0.05) is 12.1 Å². The fourth-order valence-electron chi connectivity index (χ4n) is 2.68. The molecule has 1 aliphatic heterocycles. The third kappa shape index (κ3) is 3.22. The first-order chi connectivity index (χ1) is 10.4. The van der Waals surface area contributed by atoms with E-state index in [2.05, 4.69) is 20.6 Å². The van der Waals surface area contributed by atoms with Crippen molar-refractivity contribution in [2.75, 3.05) is 11.5 Å². The number of fused-ring (bicyclic) bond motifs is 1. The molecule has 1 fully saturated rings. The van der Waals surface area contributed by atoms with Gasteiger partial charge in [-0.15, -0.1) is 0 Å². The summed E-state index contributed by atoms with van der Waals surface area (Å²) < 4.78 is 23.0. The lowest BCUT2D eigenvalue weighted by molar-refractivity contribution is 0.230. The fraction of sp³-hybridized carbons (Fsp3) is 0.429. The van der Waals surface area contributed by atoms with Crippen molar-refractivity contribution < 1.29 is 13.2 Å². The van der Waals surface area contributed by atoms with Gasteiger partial charge < -0.3 is 15.6 Å². The summed E-state index contributed by atoms with van der Waals surface area (Å²) in [5, 5.41) is 5.44. The van der Waals surface area contributed by atoms with Gasteiger partial charge in [0.25, 0.3) is 0 Å².